The molecule has 0 saturated carbocycles. The molecule has 21 heavy (non-hydrogen) atoms. The van der Waals surface area contributed by atoms with Crippen molar-refractivity contribution in [3.63, 3.8) is 0 Å². The van der Waals surface area contributed by atoms with Crippen LogP contribution >= 0.6 is 23.2 Å². The minimum absolute atomic E-state index is 0.0723. The highest BCUT2D eigenvalue weighted by Crippen LogP contribution is 2.24. The summed E-state index contributed by atoms with van der Waals surface area (Å²) in [5.41, 5.74) is 1.89. The average molecular weight is 327 g/mol. The third-order valence-electron chi connectivity index (χ3n) is 2.96. The zero-order chi connectivity index (χ0) is 15.0. The van der Waals surface area contributed by atoms with Crippen LogP contribution < -0.4 is 5.32 Å². The van der Waals surface area contributed by atoms with Crippen LogP contribution in [-0.4, -0.2) is 34.5 Å². The lowest BCUT2D eigenvalue weighted by Gasteiger charge is -2.04. The van der Waals surface area contributed by atoms with Gasteiger partial charge in [-0.3, -0.25) is 0 Å². The summed E-state index contributed by atoms with van der Waals surface area (Å²) < 4.78 is 1.78. The third-order valence-corrected chi connectivity index (χ3v) is 3.39. The van der Waals surface area contributed by atoms with Crippen LogP contribution in [0.15, 0.2) is 6.20 Å². The van der Waals surface area contributed by atoms with Gasteiger partial charge in [0.2, 0.25) is 11.2 Å². The molecule has 0 aliphatic rings. The van der Waals surface area contributed by atoms with E-state index in [0.717, 1.165) is 12.2 Å². The fourth-order valence-corrected chi connectivity index (χ4v) is 2.43. The van der Waals surface area contributed by atoms with E-state index in [2.05, 4.69) is 30.5 Å². The summed E-state index contributed by atoms with van der Waals surface area (Å²) >= 11 is 11.9. The number of rotatable bonds is 4. The Morgan fingerprint density at radius 2 is 2.05 bits per heavy atom. The highest BCUT2D eigenvalue weighted by Gasteiger charge is 2.14. The topological polar surface area (TPSA) is 86.3 Å². The van der Waals surface area contributed by atoms with Crippen LogP contribution in [0.2, 0.25) is 10.4 Å². The number of halogens is 2. The molecule has 3 aromatic heterocycles. The quantitative estimate of drug-likeness (QED) is 0.582. The van der Waals surface area contributed by atoms with Crippen molar-refractivity contribution in [3.05, 3.63) is 22.3 Å². The average Bonchev–Trinajstić information content (AvgIpc) is 3.01. The van der Waals surface area contributed by atoms with E-state index in [0.29, 0.717) is 23.7 Å². The van der Waals surface area contributed by atoms with E-state index in [1.54, 1.807) is 15.6 Å². The third kappa shape index (κ3) is 2.64. The molecular formula is C11H12Cl2N8. The number of aryl methyl sites for hydroxylation is 2. The SMILES string of the molecule is CCn1ncc(CNc2nc3nc(Cl)nc(Cl)c3n2C)n1. The molecule has 0 atom stereocenters. The lowest BCUT2D eigenvalue weighted by molar-refractivity contribution is 0.564. The van der Waals surface area contributed by atoms with E-state index in [1.807, 2.05) is 14.0 Å². The van der Waals surface area contributed by atoms with Gasteiger partial charge in [0.05, 0.1) is 19.3 Å². The highest BCUT2D eigenvalue weighted by atomic mass is 35.5. The number of nitrogens with one attached hydrogen (secondary N) is 1. The molecule has 0 aliphatic carbocycles. The summed E-state index contributed by atoms with van der Waals surface area (Å²) in [4.78, 5) is 13.9. The standard InChI is InChI=1S/C11H12Cl2N8/c1-3-21-15-5-6(19-21)4-14-11-18-9-7(20(11)2)8(12)16-10(13)17-9/h5H,3-4H2,1-2H3,(H,14,16,17,18). The van der Waals surface area contributed by atoms with E-state index in [4.69, 9.17) is 23.2 Å². The number of imidazole rings is 1. The Balaban J connectivity index is 1.87. The maximum Gasteiger partial charge on any atom is 0.225 e. The molecule has 3 rings (SSSR count). The minimum Gasteiger partial charge on any atom is -0.350 e. The molecule has 1 N–H and O–H groups in total. The minimum atomic E-state index is 0.0723. The summed E-state index contributed by atoms with van der Waals surface area (Å²) in [6.45, 7) is 3.21. The molecule has 0 unspecified atom stereocenters. The lowest BCUT2D eigenvalue weighted by atomic mass is 10.5. The van der Waals surface area contributed by atoms with Crippen molar-refractivity contribution in [2.24, 2.45) is 7.05 Å². The Morgan fingerprint density at radius 3 is 2.76 bits per heavy atom. The molecule has 0 spiro atoms. The first-order chi connectivity index (χ1) is 10.1. The van der Waals surface area contributed by atoms with Crippen molar-refractivity contribution >= 4 is 40.3 Å². The van der Waals surface area contributed by atoms with Crippen LogP contribution in [0.1, 0.15) is 12.6 Å². The Morgan fingerprint density at radius 1 is 1.24 bits per heavy atom. The number of nitrogens with zero attached hydrogens (tertiary/aromatic N) is 7. The molecular weight excluding hydrogens is 315 g/mol. The van der Waals surface area contributed by atoms with Gasteiger partial charge in [-0.05, 0) is 18.5 Å². The number of hydrogen-bond donors (Lipinski definition) is 1. The van der Waals surface area contributed by atoms with Gasteiger partial charge in [-0.25, -0.2) is 4.98 Å². The zero-order valence-electron chi connectivity index (χ0n) is 11.4. The Bertz CT molecular complexity index is 793. The van der Waals surface area contributed by atoms with Gasteiger partial charge in [0.15, 0.2) is 10.8 Å². The van der Waals surface area contributed by atoms with Crippen LogP contribution in [-0.2, 0) is 20.1 Å². The first-order valence-corrected chi connectivity index (χ1v) is 7.02. The lowest BCUT2D eigenvalue weighted by Crippen LogP contribution is -2.06. The van der Waals surface area contributed by atoms with Crippen molar-refractivity contribution in [2.45, 2.75) is 20.0 Å². The maximum atomic E-state index is 6.07. The van der Waals surface area contributed by atoms with Crippen LogP contribution in [0, 0.1) is 0 Å². The summed E-state index contributed by atoms with van der Waals surface area (Å²) in [7, 11) is 1.82. The molecule has 0 fully saturated rings. The second-order valence-electron chi connectivity index (χ2n) is 4.33. The van der Waals surface area contributed by atoms with Crippen LogP contribution in [0.4, 0.5) is 5.95 Å². The van der Waals surface area contributed by atoms with Gasteiger partial charge in [-0.15, -0.1) is 0 Å². The van der Waals surface area contributed by atoms with Crippen LogP contribution in [0.25, 0.3) is 11.2 Å². The van der Waals surface area contributed by atoms with Crippen molar-refractivity contribution < 1.29 is 0 Å². The summed E-state index contributed by atoms with van der Waals surface area (Å²) in [6.07, 6.45) is 1.71. The smallest absolute Gasteiger partial charge is 0.225 e. The van der Waals surface area contributed by atoms with Gasteiger partial charge in [-0.1, -0.05) is 11.6 Å². The second kappa shape index (κ2) is 5.45. The number of anilines is 1. The zero-order valence-corrected chi connectivity index (χ0v) is 12.9. The van der Waals surface area contributed by atoms with Crippen molar-refractivity contribution in [1.29, 1.82) is 0 Å². The fraction of sp³-hybridized carbons (Fsp3) is 0.364. The molecule has 0 saturated heterocycles. The van der Waals surface area contributed by atoms with Gasteiger partial charge in [0.25, 0.3) is 0 Å². The summed E-state index contributed by atoms with van der Waals surface area (Å²) in [5, 5.41) is 11.9. The molecule has 3 heterocycles. The van der Waals surface area contributed by atoms with Gasteiger partial charge in [-0.2, -0.15) is 25.0 Å². The first kappa shape index (κ1) is 14.0. The Kier molecular flexibility index (Phi) is 3.64. The van der Waals surface area contributed by atoms with Crippen LogP contribution in [0.3, 0.4) is 0 Å². The summed E-state index contributed by atoms with van der Waals surface area (Å²) in [5.74, 6) is 0.606. The van der Waals surface area contributed by atoms with E-state index in [-0.39, 0.29) is 10.4 Å². The van der Waals surface area contributed by atoms with E-state index in [1.165, 1.54) is 0 Å². The molecule has 110 valence electrons. The number of aromatic nitrogens is 7. The molecule has 8 nitrogen and oxygen atoms in total. The predicted molar refractivity (Wildman–Crippen MR) is 79.3 cm³/mol. The molecule has 10 heteroatoms. The fourth-order valence-electron chi connectivity index (χ4n) is 1.93. The number of hydrogen-bond acceptors (Lipinski definition) is 6. The molecule has 3 aromatic rings. The maximum absolute atomic E-state index is 6.07. The van der Waals surface area contributed by atoms with E-state index < -0.39 is 0 Å². The normalized spacial score (nSPS) is 11.2. The molecule has 0 amide bonds. The Hall–Kier alpha value is -1.93. The number of fused-ring (bicyclic) bond motifs is 1. The van der Waals surface area contributed by atoms with Crippen molar-refractivity contribution in [1.82, 2.24) is 34.5 Å². The van der Waals surface area contributed by atoms with E-state index in [9.17, 15) is 0 Å². The molecule has 0 aromatic carbocycles. The van der Waals surface area contributed by atoms with Gasteiger partial charge in [0, 0.05) is 7.05 Å². The largest absolute Gasteiger partial charge is 0.350 e. The summed E-state index contributed by atoms with van der Waals surface area (Å²) in [6, 6.07) is 0. The highest BCUT2D eigenvalue weighted by molar-refractivity contribution is 6.35. The van der Waals surface area contributed by atoms with Gasteiger partial charge in [0.1, 0.15) is 11.2 Å². The van der Waals surface area contributed by atoms with Crippen molar-refractivity contribution in [2.75, 3.05) is 5.32 Å². The van der Waals surface area contributed by atoms with E-state index >= 15 is 0 Å². The first-order valence-electron chi connectivity index (χ1n) is 6.26. The van der Waals surface area contributed by atoms with Crippen molar-refractivity contribution in [3.8, 4) is 0 Å². The van der Waals surface area contributed by atoms with Crippen LogP contribution in [0.5, 0.6) is 0 Å². The second-order valence-corrected chi connectivity index (χ2v) is 5.02. The predicted octanol–water partition coefficient (Wildman–Crippen LogP) is 1.89. The van der Waals surface area contributed by atoms with Gasteiger partial charge >= 0.3 is 0 Å². The molecule has 0 aliphatic heterocycles. The van der Waals surface area contributed by atoms with Gasteiger partial charge < -0.3 is 9.88 Å². The monoisotopic (exact) mass is 326 g/mol. The molecule has 0 bridgehead atoms. The molecule has 0 radical (unpaired) electrons. The Labute approximate surface area is 130 Å².